The molecule has 0 fully saturated rings. The maximum Gasteiger partial charge on any atom is 0.338 e. The van der Waals surface area contributed by atoms with Crippen molar-refractivity contribution in [3.63, 3.8) is 0 Å². The third-order valence-electron chi connectivity index (χ3n) is 4.35. The van der Waals surface area contributed by atoms with E-state index in [0.717, 1.165) is 12.8 Å². The van der Waals surface area contributed by atoms with Crippen molar-refractivity contribution in [2.45, 2.75) is 59.5 Å². The first-order valence-corrected chi connectivity index (χ1v) is 9.67. The molecule has 154 valence electrons. The second kappa shape index (κ2) is 11.7. The second-order valence-electron chi connectivity index (χ2n) is 6.97. The molecule has 0 aliphatic rings. The van der Waals surface area contributed by atoms with E-state index in [1.54, 1.807) is 26.4 Å². The lowest BCUT2D eigenvalue weighted by atomic mass is 10.2. The van der Waals surface area contributed by atoms with Gasteiger partial charge in [-0.3, -0.25) is 4.90 Å². The van der Waals surface area contributed by atoms with Gasteiger partial charge in [0.25, 0.3) is 0 Å². The van der Waals surface area contributed by atoms with Gasteiger partial charge in [-0.25, -0.2) is 4.79 Å². The molecular formula is C21H35NO5. The predicted molar refractivity (Wildman–Crippen MR) is 107 cm³/mol. The highest BCUT2D eigenvalue weighted by molar-refractivity contribution is 5.91. The Hall–Kier alpha value is -1.95. The number of hydrogen-bond donors (Lipinski definition) is 0. The highest BCUT2D eigenvalue weighted by Gasteiger charge is 2.19. The van der Waals surface area contributed by atoms with Gasteiger partial charge in [0, 0.05) is 18.6 Å². The first kappa shape index (κ1) is 23.1. The largest absolute Gasteiger partial charge is 0.493 e. The summed E-state index contributed by atoms with van der Waals surface area (Å²) in [7, 11) is 3.08. The van der Waals surface area contributed by atoms with Crippen LogP contribution in [0.1, 0.15) is 57.8 Å². The van der Waals surface area contributed by atoms with E-state index in [9.17, 15) is 4.79 Å². The molecule has 0 amide bonds. The van der Waals surface area contributed by atoms with Crippen LogP contribution in [0.3, 0.4) is 0 Å². The average Bonchev–Trinajstić information content (AvgIpc) is 2.64. The minimum atomic E-state index is -0.404. The van der Waals surface area contributed by atoms with Gasteiger partial charge in [-0.1, -0.05) is 13.3 Å². The van der Waals surface area contributed by atoms with E-state index in [1.165, 1.54) is 0 Å². The molecule has 0 aliphatic heterocycles. The normalized spacial score (nSPS) is 11.2. The quantitative estimate of drug-likeness (QED) is 0.400. The molecule has 0 radical (unpaired) electrons. The number of benzene rings is 1. The lowest BCUT2D eigenvalue weighted by molar-refractivity contribution is 0.0416. The van der Waals surface area contributed by atoms with Crippen LogP contribution in [0.2, 0.25) is 0 Å². The Labute approximate surface area is 163 Å². The fraction of sp³-hybridized carbons (Fsp3) is 0.667. The Bertz CT molecular complexity index is 553. The molecule has 0 spiro atoms. The maximum atomic E-state index is 12.5. The summed E-state index contributed by atoms with van der Waals surface area (Å²) in [4.78, 5) is 14.8. The Morgan fingerprint density at radius 3 is 2.00 bits per heavy atom. The summed E-state index contributed by atoms with van der Waals surface area (Å²) in [5.74, 6) is 1.03. The first-order valence-electron chi connectivity index (χ1n) is 9.67. The number of carbonyl (C=O) groups excluding carboxylic acids is 1. The third kappa shape index (κ3) is 6.94. The van der Waals surface area contributed by atoms with Gasteiger partial charge in [-0.15, -0.1) is 0 Å². The number of unbranched alkanes of at least 4 members (excludes halogenated alkanes) is 1. The third-order valence-corrected chi connectivity index (χ3v) is 4.35. The molecule has 0 N–H and O–H groups in total. The average molecular weight is 382 g/mol. The molecule has 1 aromatic rings. The Kier molecular flexibility index (Phi) is 10.0. The van der Waals surface area contributed by atoms with Crippen molar-refractivity contribution in [2.75, 3.05) is 34.0 Å². The van der Waals surface area contributed by atoms with E-state index in [4.69, 9.17) is 18.9 Å². The van der Waals surface area contributed by atoms with Gasteiger partial charge in [0.15, 0.2) is 11.5 Å². The first-order chi connectivity index (χ1) is 12.8. The number of rotatable bonds is 12. The van der Waals surface area contributed by atoms with Crippen molar-refractivity contribution in [1.82, 2.24) is 4.90 Å². The molecule has 0 unspecified atom stereocenters. The smallest absolute Gasteiger partial charge is 0.338 e. The van der Waals surface area contributed by atoms with Gasteiger partial charge in [0.2, 0.25) is 5.75 Å². The zero-order valence-electron chi connectivity index (χ0n) is 17.8. The lowest BCUT2D eigenvalue weighted by Gasteiger charge is -2.30. The highest BCUT2D eigenvalue weighted by atomic mass is 16.5. The fourth-order valence-corrected chi connectivity index (χ4v) is 2.90. The van der Waals surface area contributed by atoms with Crippen LogP contribution in [0.4, 0.5) is 0 Å². The van der Waals surface area contributed by atoms with Gasteiger partial charge < -0.3 is 18.9 Å². The van der Waals surface area contributed by atoms with Gasteiger partial charge >= 0.3 is 5.97 Å². The molecule has 0 aliphatic carbocycles. The summed E-state index contributed by atoms with van der Waals surface area (Å²) in [6.45, 7) is 12.2. The molecule has 0 saturated carbocycles. The number of nitrogens with zero attached hydrogens (tertiary/aromatic N) is 1. The molecule has 0 atom stereocenters. The standard InChI is InChI=1S/C21H35NO5/c1-8-9-11-26-20-18(24-6)13-17(14-19(20)25-7)21(23)27-12-10-22(15(2)3)16(4)5/h13-16H,8-12H2,1-7H3. The SMILES string of the molecule is CCCCOc1c(OC)cc(C(=O)OCCN(C(C)C)C(C)C)cc1OC. The van der Waals surface area contributed by atoms with Crippen LogP contribution in [0, 0.1) is 0 Å². The van der Waals surface area contributed by atoms with Crippen LogP contribution in [0.15, 0.2) is 12.1 Å². The van der Waals surface area contributed by atoms with Gasteiger partial charge in [0.05, 0.1) is 26.4 Å². The van der Waals surface area contributed by atoms with Crippen LogP contribution in [-0.4, -0.2) is 56.9 Å². The predicted octanol–water partition coefficient (Wildman–Crippen LogP) is 4.16. The van der Waals surface area contributed by atoms with E-state index in [0.29, 0.717) is 54.7 Å². The molecule has 0 heterocycles. The minimum absolute atomic E-state index is 0.328. The van der Waals surface area contributed by atoms with E-state index in [2.05, 4.69) is 39.5 Å². The number of hydrogen-bond acceptors (Lipinski definition) is 6. The molecule has 1 rings (SSSR count). The number of carbonyl (C=O) groups is 1. The van der Waals surface area contributed by atoms with E-state index < -0.39 is 5.97 Å². The summed E-state index contributed by atoms with van der Waals surface area (Å²) in [5.41, 5.74) is 0.382. The summed E-state index contributed by atoms with van der Waals surface area (Å²) in [5, 5.41) is 0. The van der Waals surface area contributed by atoms with Crippen molar-refractivity contribution in [1.29, 1.82) is 0 Å². The van der Waals surface area contributed by atoms with E-state index in [1.807, 2.05) is 0 Å². The molecule has 1 aromatic carbocycles. The van der Waals surface area contributed by atoms with Crippen molar-refractivity contribution in [2.24, 2.45) is 0 Å². The molecule has 6 nitrogen and oxygen atoms in total. The zero-order valence-corrected chi connectivity index (χ0v) is 17.8. The molecule has 0 saturated heterocycles. The van der Waals surface area contributed by atoms with E-state index >= 15 is 0 Å². The summed E-state index contributed by atoms with van der Waals surface area (Å²) in [6, 6.07) is 4.05. The van der Waals surface area contributed by atoms with Crippen LogP contribution in [-0.2, 0) is 4.74 Å². The molecular weight excluding hydrogens is 346 g/mol. The van der Waals surface area contributed by atoms with Gasteiger partial charge in [-0.05, 0) is 46.2 Å². The Morgan fingerprint density at radius 2 is 1.56 bits per heavy atom. The van der Waals surface area contributed by atoms with E-state index in [-0.39, 0.29) is 0 Å². The maximum absolute atomic E-state index is 12.5. The molecule has 27 heavy (non-hydrogen) atoms. The molecule has 0 bridgehead atoms. The topological polar surface area (TPSA) is 57.2 Å². The minimum Gasteiger partial charge on any atom is -0.493 e. The molecule has 6 heteroatoms. The molecule has 0 aromatic heterocycles. The summed E-state index contributed by atoms with van der Waals surface area (Å²) in [6.07, 6.45) is 1.96. The van der Waals surface area contributed by atoms with Crippen LogP contribution >= 0.6 is 0 Å². The Balaban J connectivity index is 2.84. The number of ether oxygens (including phenoxy) is 4. The number of esters is 1. The monoisotopic (exact) mass is 381 g/mol. The van der Waals surface area contributed by atoms with Gasteiger partial charge in [-0.2, -0.15) is 0 Å². The van der Waals surface area contributed by atoms with Crippen LogP contribution in [0.25, 0.3) is 0 Å². The second-order valence-corrected chi connectivity index (χ2v) is 6.97. The number of methoxy groups -OCH3 is 2. The lowest BCUT2D eigenvalue weighted by Crippen LogP contribution is -2.39. The Morgan fingerprint density at radius 1 is 1.00 bits per heavy atom. The summed E-state index contributed by atoms with van der Waals surface area (Å²) >= 11 is 0. The summed E-state index contributed by atoms with van der Waals surface area (Å²) < 4.78 is 22.0. The van der Waals surface area contributed by atoms with Crippen molar-refractivity contribution >= 4 is 5.97 Å². The van der Waals surface area contributed by atoms with Crippen molar-refractivity contribution in [3.05, 3.63) is 17.7 Å². The van der Waals surface area contributed by atoms with Crippen LogP contribution in [0.5, 0.6) is 17.2 Å². The fourth-order valence-electron chi connectivity index (χ4n) is 2.90. The van der Waals surface area contributed by atoms with Gasteiger partial charge in [0.1, 0.15) is 6.61 Å². The zero-order chi connectivity index (χ0) is 20.4. The van der Waals surface area contributed by atoms with Crippen molar-refractivity contribution in [3.8, 4) is 17.2 Å². The van der Waals surface area contributed by atoms with Crippen LogP contribution < -0.4 is 14.2 Å². The van der Waals surface area contributed by atoms with Crippen molar-refractivity contribution < 1.29 is 23.7 Å². The highest BCUT2D eigenvalue weighted by Crippen LogP contribution is 2.38.